The van der Waals surface area contributed by atoms with E-state index in [4.69, 9.17) is 9.47 Å². The van der Waals surface area contributed by atoms with Gasteiger partial charge in [0.2, 0.25) is 0 Å². The van der Waals surface area contributed by atoms with Crippen LogP contribution >= 0.6 is 0 Å². The first-order valence-corrected chi connectivity index (χ1v) is 4.90. The number of hydrogen-bond acceptors (Lipinski definition) is 4. The minimum atomic E-state index is -0.504. The fraction of sp³-hybridized carbons (Fsp3) is 0.889. The van der Waals surface area contributed by atoms with Crippen molar-refractivity contribution < 1.29 is 14.3 Å². The number of carbonyl (C=O) groups excluding carboxylic acids is 1. The molecule has 2 heterocycles. The molecule has 0 spiro atoms. The maximum atomic E-state index is 10.8. The Morgan fingerprint density at radius 3 is 2.85 bits per heavy atom. The average molecular weight is 185 g/mol. The van der Waals surface area contributed by atoms with Crippen molar-refractivity contribution in [2.75, 3.05) is 26.2 Å². The van der Waals surface area contributed by atoms with Gasteiger partial charge in [0.15, 0.2) is 0 Å². The molecule has 74 valence electrons. The minimum absolute atomic E-state index is 0.0550. The maximum absolute atomic E-state index is 10.8. The Morgan fingerprint density at radius 1 is 1.38 bits per heavy atom. The molecule has 2 rings (SSSR count). The molecule has 2 aliphatic heterocycles. The average Bonchev–Trinajstić information content (AvgIpc) is 2.57. The summed E-state index contributed by atoms with van der Waals surface area (Å²) in [6, 6.07) is 0. The Balaban J connectivity index is 1.76. The van der Waals surface area contributed by atoms with E-state index in [0.717, 1.165) is 26.1 Å². The van der Waals surface area contributed by atoms with E-state index in [0.29, 0.717) is 6.61 Å². The lowest BCUT2D eigenvalue weighted by molar-refractivity contribution is -0.0316. The second-order valence-corrected chi connectivity index (χ2v) is 3.63. The number of likely N-dealkylation sites (tertiary alicyclic amines) is 1. The molecule has 2 fully saturated rings. The van der Waals surface area contributed by atoms with Gasteiger partial charge in [-0.2, -0.15) is 0 Å². The van der Waals surface area contributed by atoms with Crippen LogP contribution in [-0.2, 0) is 9.47 Å². The molecule has 0 aromatic rings. The first-order chi connectivity index (χ1) is 6.34. The standard InChI is InChI=1S/C9H15NO3/c11-9-12-6-3-8(13-9)7-10-4-1-2-5-10/h8H,1-7H2. The Kier molecular flexibility index (Phi) is 2.68. The molecule has 0 aliphatic carbocycles. The smallest absolute Gasteiger partial charge is 0.434 e. The third kappa shape index (κ3) is 2.34. The predicted octanol–water partition coefficient (Wildman–Crippen LogP) is 1.01. The molecule has 0 aromatic carbocycles. The lowest BCUT2D eigenvalue weighted by atomic mass is 10.2. The van der Waals surface area contributed by atoms with Crippen LogP contribution < -0.4 is 0 Å². The van der Waals surface area contributed by atoms with Gasteiger partial charge in [-0.25, -0.2) is 4.79 Å². The van der Waals surface area contributed by atoms with E-state index >= 15 is 0 Å². The van der Waals surface area contributed by atoms with Crippen LogP contribution in [0.3, 0.4) is 0 Å². The summed E-state index contributed by atoms with van der Waals surface area (Å²) in [7, 11) is 0. The quantitative estimate of drug-likeness (QED) is 0.602. The Morgan fingerprint density at radius 2 is 2.15 bits per heavy atom. The van der Waals surface area contributed by atoms with Gasteiger partial charge >= 0.3 is 6.16 Å². The third-order valence-corrected chi connectivity index (χ3v) is 2.58. The van der Waals surface area contributed by atoms with Crippen LogP contribution in [0.5, 0.6) is 0 Å². The van der Waals surface area contributed by atoms with Crippen LogP contribution in [0.1, 0.15) is 19.3 Å². The van der Waals surface area contributed by atoms with Gasteiger partial charge in [-0.3, -0.25) is 4.90 Å². The zero-order valence-corrected chi connectivity index (χ0v) is 7.70. The van der Waals surface area contributed by atoms with Crippen molar-refractivity contribution >= 4 is 6.16 Å². The van der Waals surface area contributed by atoms with E-state index in [9.17, 15) is 4.79 Å². The van der Waals surface area contributed by atoms with Crippen molar-refractivity contribution in [1.82, 2.24) is 4.90 Å². The molecule has 0 aromatic heterocycles. The lowest BCUT2D eigenvalue weighted by Gasteiger charge is -2.26. The van der Waals surface area contributed by atoms with Gasteiger partial charge in [0.1, 0.15) is 6.10 Å². The molecule has 0 amide bonds. The molecule has 2 aliphatic rings. The van der Waals surface area contributed by atoms with Gasteiger partial charge < -0.3 is 9.47 Å². The van der Waals surface area contributed by atoms with Gasteiger partial charge in [-0.1, -0.05) is 0 Å². The summed E-state index contributed by atoms with van der Waals surface area (Å²) in [6.07, 6.45) is 2.94. The van der Waals surface area contributed by atoms with Gasteiger partial charge in [-0.05, 0) is 25.9 Å². The zero-order valence-electron chi connectivity index (χ0n) is 7.70. The number of nitrogens with zero attached hydrogens (tertiary/aromatic N) is 1. The highest BCUT2D eigenvalue weighted by atomic mass is 16.7. The number of cyclic esters (lactones) is 2. The molecule has 13 heavy (non-hydrogen) atoms. The minimum Gasteiger partial charge on any atom is -0.434 e. The molecule has 0 N–H and O–H groups in total. The molecule has 0 bridgehead atoms. The summed E-state index contributed by atoms with van der Waals surface area (Å²) in [6.45, 7) is 3.69. The third-order valence-electron chi connectivity index (χ3n) is 2.58. The number of ether oxygens (including phenoxy) is 2. The first-order valence-electron chi connectivity index (χ1n) is 4.90. The van der Waals surface area contributed by atoms with Crippen molar-refractivity contribution in [3.63, 3.8) is 0 Å². The molecule has 4 nitrogen and oxygen atoms in total. The molecule has 1 atom stereocenters. The number of hydrogen-bond donors (Lipinski definition) is 0. The van der Waals surface area contributed by atoms with Crippen molar-refractivity contribution in [3.8, 4) is 0 Å². The van der Waals surface area contributed by atoms with Crippen LogP contribution in [0.25, 0.3) is 0 Å². The molecular formula is C9H15NO3. The van der Waals surface area contributed by atoms with E-state index < -0.39 is 6.16 Å². The van der Waals surface area contributed by atoms with Gasteiger partial charge in [0.25, 0.3) is 0 Å². The molecule has 2 saturated heterocycles. The van der Waals surface area contributed by atoms with E-state index in [1.807, 2.05) is 0 Å². The highest BCUT2D eigenvalue weighted by Crippen LogP contribution is 2.13. The van der Waals surface area contributed by atoms with Crippen LogP contribution in [0.2, 0.25) is 0 Å². The van der Waals surface area contributed by atoms with Crippen molar-refractivity contribution in [2.45, 2.75) is 25.4 Å². The summed E-state index contributed by atoms with van der Waals surface area (Å²) in [5, 5.41) is 0. The lowest BCUT2D eigenvalue weighted by Crippen LogP contribution is -2.37. The van der Waals surface area contributed by atoms with Gasteiger partial charge in [-0.15, -0.1) is 0 Å². The molecule has 1 unspecified atom stereocenters. The largest absolute Gasteiger partial charge is 0.508 e. The predicted molar refractivity (Wildman–Crippen MR) is 46.5 cm³/mol. The van der Waals surface area contributed by atoms with Crippen LogP contribution in [0.4, 0.5) is 4.79 Å². The van der Waals surface area contributed by atoms with Gasteiger partial charge in [0, 0.05) is 13.0 Å². The summed E-state index contributed by atoms with van der Waals surface area (Å²) < 4.78 is 9.74. The summed E-state index contributed by atoms with van der Waals surface area (Å²) in [5.41, 5.74) is 0. The number of rotatable bonds is 2. The second-order valence-electron chi connectivity index (χ2n) is 3.63. The van der Waals surface area contributed by atoms with Crippen LogP contribution in [0.15, 0.2) is 0 Å². The van der Waals surface area contributed by atoms with Crippen molar-refractivity contribution in [2.24, 2.45) is 0 Å². The highest BCUT2D eigenvalue weighted by Gasteiger charge is 2.24. The molecule has 0 radical (unpaired) electrons. The van der Waals surface area contributed by atoms with E-state index in [1.165, 1.54) is 12.8 Å². The Bertz CT molecular complexity index is 189. The van der Waals surface area contributed by atoms with Gasteiger partial charge in [0.05, 0.1) is 6.61 Å². The molecule has 4 heteroatoms. The first kappa shape index (κ1) is 8.81. The Hall–Kier alpha value is -0.770. The van der Waals surface area contributed by atoms with Crippen LogP contribution in [0, 0.1) is 0 Å². The maximum Gasteiger partial charge on any atom is 0.508 e. The summed E-state index contributed by atoms with van der Waals surface area (Å²) in [5.74, 6) is 0. The van der Waals surface area contributed by atoms with Crippen molar-refractivity contribution in [3.05, 3.63) is 0 Å². The van der Waals surface area contributed by atoms with Crippen molar-refractivity contribution in [1.29, 1.82) is 0 Å². The Labute approximate surface area is 77.8 Å². The SMILES string of the molecule is O=C1OCCC(CN2CCCC2)O1. The van der Waals surface area contributed by atoms with Crippen LogP contribution in [-0.4, -0.2) is 43.4 Å². The molecule has 0 saturated carbocycles. The summed E-state index contributed by atoms with van der Waals surface area (Å²) >= 11 is 0. The second kappa shape index (κ2) is 3.96. The van der Waals surface area contributed by atoms with E-state index in [1.54, 1.807) is 0 Å². The van der Waals surface area contributed by atoms with E-state index in [2.05, 4.69) is 4.90 Å². The summed E-state index contributed by atoms with van der Waals surface area (Å²) in [4.78, 5) is 13.1. The number of carbonyl (C=O) groups is 1. The zero-order chi connectivity index (χ0) is 9.10. The topological polar surface area (TPSA) is 38.8 Å². The highest BCUT2D eigenvalue weighted by molar-refractivity contribution is 5.60. The monoisotopic (exact) mass is 185 g/mol. The fourth-order valence-electron chi connectivity index (χ4n) is 1.88. The fourth-order valence-corrected chi connectivity index (χ4v) is 1.88. The normalized spacial score (nSPS) is 29.8. The molecular weight excluding hydrogens is 170 g/mol. The van der Waals surface area contributed by atoms with E-state index in [-0.39, 0.29) is 6.10 Å².